The zero-order valence-electron chi connectivity index (χ0n) is 14.4. The van der Waals surface area contributed by atoms with Crippen LogP contribution in [-0.2, 0) is 0 Å². The van der Waals surface area contributed by atoms with Crippen molar-refractivity contribution in [2.24, 2.45) is 0 Å². The van der Waals surface area contributed by atoms with Gasteiger partial charge in [0.25, 0.3) is 5.91 Å². The summed E-state index contributed by atoms with van der Waals surface area (Å²) in [5.74, 6) is 1.35. The molecule has 2 aromatic carbocycles. The first-order valence-electron chi connectivity index (χ1n) is 8.16. The van der Waals surface area contributed by atoms with Crippen LogP contribution in [0.1, 0.15) is 31.1 Å². The van der Waals surface area contributed by atoms with Gasteiger partial charge in [0.05, 0.1) is 22.9 Å². The smallest absolute Gasteiger partial charge is 0.257 e. The van der Waals surface area contributed by atoms with Crippen molar-refractivity contribution in [3.63, 3.8) is 0 Å². The normalized spacial score (nSPS) is 10.9. The summed E-state index contributed by atoms with van der Waals surface area (Å²) in [6.45, 7) is 6.49. The van der Waals surface area contributed by atoms with E-state index in [2.05, 4.69) is 10.3 Å². The summed E-state index contributed by atoms with van der Waals surface area (Å²) < 4.78 is 12.1. The summed E-state index contributed by atoms with van der Waals surface area (Å²) in [5, 5.41) is 3.41. The molecule has 1 heterocycles. The van der Waals surface area contributed by atoms with Crippen LogP contribution in [0.3, 0.4) is 0 Å². The molecule has 6 heteroatoms. The minimum absolute atomic E-state index is 0.101. The first-order chi connectivity index (χ1) is 12.0. The third kappa shape index (κ3) is 4.28. The molecule has 5 nitrogen and oxygen atoms in total. The number of hydrogen-bond donors (Lipinski definition) is 1. The van der Waals surface area contributed by atoms with Crippen LogP contribution in [0.2, 0.25) is 0 Å². The molecule has 0 aliphatic rings. The number of carbonyl (C=O) groups is 1. The molecule has 0 saturated heterocycles. The van der Waals surface area contributed by atoms with Crippen LogP contribution in [0.25, 0.3) is 10.2 Å². The summed E-state index contributed by atoms with van der Waals surface area (Å²) in [5.41, 5.74) is 1.40. The van der Waals surface area contributed by atoms with E-state index < -0.39 is 0 Å². The number of fused-ring (bicyclic) bond motifs is 1. The van der Waals surface area contributed by atoms with Crippen LogP contribution in [0.5, 0.6) is 11.5 Å². The van der Waals surface area contributed by atoms with E-state index in [9.17, 15) is 4.79 Å². The number of nitrogens with one attached hydrogen (secondary N) is 1. The summed E-state index contributed by atoms with van der Waals surface area (Å²) in [6, 6.07) is 12.8. The molecule has 3 aromatic rings. The van der Waals surface area contributed by atoms with Crippen molar-refractivity contribution < 1.29 is 14.3 Å². The summed E-state index contributed by atoms with van der Waals surface area (Å²) in [6.07, 6.45) is 0.101. The molecule has 1 aromatic heterocycles. The first kappa shape index (κ1) is 17.2. The number of amides is 1. The van der Waals surface area contributed by atoms with Gasteiger partial charge < -0.3 is 9.47 Å². The molecule has 25 heavy (non-hydrogen) atoms. The van der Waals surface area contributed by atoms with E-state index in [1.165, 1.54) is 11.3 Å². The van der Waals surface area contributed by atoms with Gasteiger partial charge in [-0.3, -0.25) is 10.1 Å². The minimum Gasteiger partial charge on any atom is -0.494 e. The quantitative estimate of drug-likeness (QED) is 0.693. The second-order valence-electron chi connectivity index (χ2n) is 5.73. The molecule has 0 unspecified atom stereocenters. The van der Waals surface area contributed by atoms with Crippen molar-refractivity contribution in [3.8, 4) is 11.5 Å². The van der Waals surface area contributed by atoms with Crippen LogP contribution in [0.15, 0.2) is 42.5 Å². The zero-order valence-corrected chi connectivity index (χ0v) is 15.2. The molecule has 0 aliphatic carbocycles. The summed E-state index contributed by atoms with van der Waals surface area (Å²) >= 11 is 1.42. The predicted molar refractivity (Wildman–Crippen MR) is 101 cm³/mol. The fourth-order valence-corrected chi connectivity index (χ4v) is 3.23. The number of aromatic nitrogens is 1. The Bertz CT molecular complexity index is 872. The van der Waals surface area contributed by atoms with Crippen molar-refractivity contribution in [3.05, 3.63) is 48.0 Å². The van der Waals surface area contributed by atoms with Crippen LogP contribution in [0, 0.1) is 0 Å². The largest absolute Gasteiger partial charge is 0.494 e. The Morgan fingerprint density at radius 1 is 1.16 bits per heavy atom. The lowest BCUT2D eigenvalue weighted by molar-refractivity contribution is 0.102. The summed E-state index contributed by atoms with van der Waals surface area (Å²) in [7, 11) is 0. The Morgan fingerprint density at radius 2 is 1.88 bits per heavy atom. The number of rotatable bonds is 6. The van der Waals surface area contributed by atoms with E-state index in [1.807, 2.05) is 39.0 Å². The maximum atomic E-state index is 12.4. The molecule has 0 spiro atoms. The van der Waals surface area contributed by atoms with Crippen molar-refractivity contribution in [1.29, 1.82) is 0 Å². The molecule has 0 saturated carbocycles. The lowest BCUT2D eigenvalue weighted by Crippen LogP contribution is -2.11. The Hall–Kier alpha value is -2.60. The monoisotopic (exact) mass is 356 g/mol. The molecular formula is C19H20N2O3S. The Labute approximate surface area is 150 Å². The average Bonchev–Trinajstić information content (AvgIpc) is 2.96. The van der Waals surface area contributed by atoms with Gasteiger partial charge in [0, 0.05) is 5.56 Å². The van der Waals surface area contributed by atoms with E-state index in [0.29, 0.717) is 17.3 Å². The predicted octanol–water partition coefficient (Wildman–Crippen LogP) is 4.73. The van der Waals surface area contributed by atoms with Crippen LogP contribution < -0.4 is 14.8 Å². The highest BCUT2D eigenvalue weighted by atomic mass is 32.1. The number of thiazole rings is 1. The van der Waals surface area contributed by atoms with Crippen LogP contribution in [-0.4, -0.2) is 23.6 Å². The fraction of sp³-hybridized carbons (Fsp3) is 0.263. The number of hydrogen-bond acceptors (Lipinski definition) is 5. The van der Waals surface area contributed by atoms with Gasteiger partial charge in [-0.15, -0.1) is 0 Å². The highest BCUT2D eigenvalue weighted by Gasteiger charge is 2.11. The minimum atomic E-state index is -0.194. The molecule has 0 bridgehead atoms. The maximum absolute atomic E-state index is 12.4. The van der Waals surface area contributed by atoms with E-state index in [-0.39, 0.29) is 12.0 Å². The number of nitrogens with zero attached hydrogens (tertiary/aromatic N) is 1. The van der Waals surface area contributed by atoms with Gasteiger partial charge in [0.15, 0.2) is 5.13 Å². The SMILES string of the molecule is CCOc1ccc2nc(NC(=O)c3ccc(OC(C)C)cc3)sc2c1. The molecule has 1 N–H and O–H groups in total. The molecule has 0 atom stereocenters. The van der Waals surface area contributed by atoms with Gasteiger partial charge in [-0.25, -0.2) is 4.98 Å². The Morgan fingerprint density at radius 3 is 2.56 bits per heavy atom. The highest BCUT2D eigenvalue weighted by Crippen LogP contribution is 2.29. The molecule has 0 radical (unpaired) electrons. The van der Waals surface area contributed by atoms with Crippen molar-refractivity contribution >= 4 is 32.6 Å². The molecule has 0 fully saturated rings. The van der Waals surface area contributed by atoms with E-state index >= 15 is 0 Å². The standard InChI is InChI=1S/C19H20N2O3S/c1-4-23-15-9-10-16-17(11-15)25-19(20-16)21-18(22)13-5-7-14(8-6-13)24-12(2)3/h5-12H,4H2,1-3H3,(H,20,21,22). The fourth-order valence-electron chi connectivity index (χ4n) is 2.34. The number of anilines is 1. The van der Waals surface area contributed by atoms with Crippen LogP contribution in [0.4, 0.5) is 5.13 Å². The van der Waals surface area contributed by atoms with Gasteiger partial charge in [-0.2, -0.15) is 0 Å². The van der Waals surface area contributed by atoms with Crippen molar-refractivity contribution in [2.45, 2.75) is 26.9 Å². The van der Waals surface area contributed by atoms with Crippen LogP contribution >= 0.6 is 11.3 Å². The number of carbonyl (C=O) groups excluding carboxylic acids is 1. The highest BCUT2D eigenvalue weighted by molar-refractivity contribution is 7.22. The van der Waals surface area contributed by atoms with Gasteiger partial charge in [0.2, 0.25) is 0 Å². The van der Waals surface area contributed by atoms with E-state index in [4.69, 9.17) is 9.47 Å². The zero-order chi connectivity index (χ0) is 17.8. The topological polar surface area (TPSA) is 60.5 Å². The molecule has 0 aliphatic heterocycles. The first-order valence-corrected chi connectivity index (χ1v) is 8.98. The third-order valence-corrected chi connectivity index (χ3v) is 4.31. The van der Waals surface area contributed by atoms with E-state index in [0.717, 1.165) is 21.7 Å². The number of ether oxygens (including phenoxy) is 2. The van der Waals surface area contributed by atoms with Gasteiger partial charge in [0.1, 0.15) is 11.5 Å². The Kier molecular flexibility index (Phi) is 5.19. The second kappa shape index (κ2) is 7.53. The maximum Gasteiger partial charge on any atom is 0.257 e. The third-order valence-electron chi connectivity index (χ3n) is 3.38. The molecule has 3 rings (SSSR count). The molecule has 130 valence electrons. The van der Waals surface area contributed by atoms with Gasteiger partial charge in [-0.1, -0.05) is 11.3 Å². The Balaban J connectivity index is 1.72. The lowest BCUT2D eigenvalue weighted by Gasteiger charge is -2.09. The lowest BCUT2D eigenvalue weighted by atomic mass is 10.2. The van der Waals surface area contributed by atoms with Gasteiger partial charge >= 0.3 is 0 Å². The van der Waals surface area contributed by atoms with E-state index in [1.54, 1.807) is 24.3 Å². The average molecular weight is 356 g/mol. The molecule has 1 amide bonds. The second-order valence-corrected chi connectivity index (χ2v) is 6.76. The summed E-state index contributed by atoms with van der Waals surface area (Å²) in [4.78, 5) is 16.8. The number of benzene rings is 2. The van der Waals surface area contributed by atoms with Crippen molar-refractivity contribution in [2.75, 3.05) is 11.9 Å². The molecular weight excluding hydrogens is 336 g/mol. The van der Waals surface area contributed by atoms with Gasteiger partial charge in [-0.05, 0) is 63.2 Å². The van der Waals surface area contributed by atoms with Crippen molar-refractivity contribution in [1.82, 2.24) is 4.98 Å².